The van der Waals surface area contributed by atoms with E-state index < -0.39 is 0 Å². The number of aromatic nitrogens is 3. The largest absolute Gasteiger partial charge is 0.309 e. The highest BCUT2D eigenvalue weighted by molar-refractivity contribution is 6.14. The summed E-state index contributed by atoms with van der Waals surface area (Å²) < 4.78 is 7.14. The van der Waals surface area contributed by atoms with Crippen LogP contribution in [0.15, 0.2) is 200 Å². The van der Waals surface area contributed by atoms with Crippen molar-refractivity contribution in [3.05, 3.63) is 211 Å². The first-order valence-electron chi connectivity index (χ1n) is 20.4. The van der Waals surface area contributed by atoms with Crippen molar-refractivity contribution in [2.75, 3.05) is 0 Å². The number of fused-ring (bicyclic) bond motifs is 9. The Labute approximate surface area is 351 Å². The van der Waals surface area contributed by atoms with Crippen LogP contribution in [-0.4, -0.2) is 13.7 Å². The Morgan fingerprint density at radius 3 is 1.20 bits per heavy atom. The van der Waals surface area contributed by atoms with Crippen LogP contribution in [0.2, 0.25) is 0 Å². The summed E-state index contributed by atoms with van der Waals surface area (Å²) in [7, 11) is 0. The topological polar surface area (TPSA) is 62.4 Å². The predicted octanol–water partition coefficient (Wildman–Crippen LogP) is 14.1. The molecule has 0 fully saturated rings. The van der Waals surface area contributed by atoms with Crippen molar-refractivity contribution in [3.8, 4) is 51.5 Å². The van der Waals surface area contributed by atoms with Gasteiger partial charge in [0.2, 0.25) is 0 Å². The summed E-state index contributed by atoms with van der Waals surface area (Å²) in [4.78, 5) is 0. The second-order valence-electron chi connectivity index (χ2n) is 15.5. The molecule has 9 aromatic carbocycles. The van der Waals surface area contributed by atoms with Gasteiger partial charge in [-0.3, -0.25) is 0 Å². The van der Waals surface area contributed by atoms with Gasteiger partial charge in [0.15, 0.2) is 0 Å². The van der Waals surface area contributed by atoms with Gasteiger partial charge in [0.05, 0.1) is 62.1 Å². The van der Waals surface area contributed by atoms with E-state index in [9.17, 15) is 10.5 Å². The molecular formula is C56H33N5. The Bertz CT molecular complexity index is 3540. The highest BCUT2D eigenvalue weighted by Crippen LogP contribution is 2.42. The van der Waals surface area contributed by atoms with E-state index in [-0.39, 0.29) is 0 Å². The number of rotatable bonds is 5. The maximum absolute atomic E-state index is 10.2. The molecule has 0 amide bonds. The molecule has 3 aromatic heterocycles. The molecule has 5 heteroatoms. The molecule has 5 nitrogen and oxygen atoms in total. The lowest BCUT2D eigenvalue weighted by Gasteiger charge is -2.17. The summed E-state index contributed by atoms with van der Waals surface area (Å²) in [5.74, 6) is 0. The van der Waals surface area contributed by atoms with Crippen molar-refractivity contribution < 1.29 is 0 Å². The lowest BCUT2D eigenvalue weighted by atomic mass is 9.92. The van der Waals surface area contributed by atoms with Gasteiger partial charge in [-0.05, 0) is 96.1 Å². The minimum atomic E-state index is 0.470. The van der Waals surface area contributed by atoms with Crippen molar-refractivity contribution in [2.45, 2.75) is 0 Å². The van der Waals surface area contributed by atoms with Crippen LogP contribution < -0.4 is 0 Å². The lowest BCUT2D eigenvalue weighted by molar-refractivity contribution is 1.16. The molecule has 282 valence electrons. The van der Waals surface area contributed by atoms with E-state index in [1.165, 1.54) is 21.5 Å². The van der Waals surface area contributed by atoms with Gasteiger partial charge in [0.1, 0.15) is 0 Å². The van der Waals surface area contributed by atoms with Gasteiger partial charge in [-0.2, -0.15) is 10.5 Å². The van der Waals surface area contributed by atoms with Crippen LogP contribution in [-0.2, 0) is 0 Å². The predicted molar refractivity (Wildman–Crippen MR) is 250 cm³/mol. The molecule has 0 aliphatic carbocycles. The maximum atomic E-state index is 10.2. The summed E-state index contributed by atoms with van der Waals surface area (Å²) in [5, 5.41) is 27.5. The third-order valence-electron chi connectivity index (χ3n) is 12.3. The smallest absolute Gasteiger partial charge is 0.0998 e. The average molecular weight is 776 g/mol. The molecule has 0 unspecified atom stereocenters. The Hall–Kier alpha value is -8.64. The van der Waals surface area contributed by atoms with Crippen molar-refractivity contribution in [1.82, 2.24) is 13.7 Å². The quantitative estimate of drug-likeness (QED) is 0.175. The van der Waals surface area contributed by atoms with Crippen LogP contribution in [0.3, 0.4) is 0 Å². The molecule has 61 heavy (non-hydrogen) atoms. The Morgan fingerprint density at radius 1 is 0.311 bits per heavy atom. The highest BCUT2D eigenvalue weighted by Gasteiger charge is 2.22. The van der Waals surface area contributed by atoms with Crippen molar-refractivity contribution in [1.29, 1.82) is 10.5 Å². The second-order valence-corrected chi connectivity index (χ2v) is 15.5. The molecule has 12 rings (SSSR count). The summed E-state index contributed by atoms with van der Waals surface area (Å²) in [6.45, 7) is 0. The Balaban J connectivity index is 1.18. The number of benzene rings is 9. The van der Waals surface area contributed by atoms with Crippen LogP contribution >= 0.6 is 0 Å². The fourth-order valence-electron chi connectivity index (χ4n) is 9.72. The lowest BCUT2D eigenvalue weighted by Crippen LogP contribution is -2.00. The molecule has 0 saturated carbocycles. The van der Waals surface area contributed by atoms with Gasteiger partial charge in [-0.25, -0.2) is 0 Å². The molecule has 0 saturated heterocycles. The monoisotopic (exact) mass is 775 g/mol. The number of nitrogens with zero attached hydrogens (tertiary/aromatic N) is 5. The third kappa shape index (κ3) is 5.12. The number of hydrogen-bond acceptors (Lipinski definition) is 2. The molecule has 0 aliphatic heterocycles. The number of nitriles is 2. The van der Waals surface area contributed by atoms with Gasteiger partial charge in [-0.1, -0.05) is 115 Å². The normalized spacial score (nSPS) is 11.6. The highest BCUT2D eigenvalue weighted by atomic mass is 15.0. The van der Waals surface area contributed by atoms with Crippen LogP contribution in [0.5, 0.6) is 0 Å². The molecule has 0 aliphatic rings. The van der Waals surface area contributed by atoms with Gasteiger partial charge < -0.3 is 13.7 Å². The number of para-hydroxylation sites is 4. The minimum absolute atomic E-state index is 0.470. The SMILES string of the molecule is N#Cc1cccc(C#N)c1-c1ccc(-n2c3ccc(-n4c5ccccc5c5ccccc54)cc3c3cc(-n4c5ccccc5c5ccccc54)ccc32)c(-c2ccccc2)c1. The summed E-state index contributed by atoms with van der Waals surface area (Å²) in [5.41, 5.74) is 14.4. The van der Waals surface area contributed by atoms with Crippen molar-refractivity contribution in [2.24, 2.45) is 0 Å². The van der Waals surface area contributed by atoms with Crippen molar-refractivity contribution in [3.63, 3.8) is 0 Å². The molecule has 0 atom stereocenters. The van der Waals surface area contributed by atoms with Crippen LogP contribution in [0.25, 0.3) is 105 Å². The van der Waals surface area contributed by atoms with E-state index in [1.807, 2.05) is 6.07 Å². The molecule has 0 radical (unpaired) electrons. The fourth-order valence-corrected chi connectivity index (χ4v) is 9.72. The number of hydrogen-bond donors (Lipinski definition) is 0. The van der Waals surface area contributed by atoms with Gasteiger partial charge in [0.25, 0.3) is 0 Å². The molecule has 0 spiro atoms. The molecule has 0 N–H and O–H groups in total. The first-order valence-corrected chi connectivity index (χ1v) is 20.4. The zero-order chi connectivity index (χ0) is 40.6. The summed E-state index contributed by atoms with van der Waals surface area (Å²) in [6.07, 6.45) is 0. The molecule has 0 bridgehead atoms. The van der Waals surface area contributed by atoms with E-state index >= 15 is 0 Å². The maximum Gasteiger partial charge on any atom is 0.0998 e. The van der Waals surface area contributed by atoms with Crippen LogP contribution in [0.1, 0.15) is 11.1 Å². The van der Waals surface area contributed by atoms with E-state index in [1.54, 1.807) is 18.2 Å². The van der Waals surface area contributed by atoms with Gasteiger partial charge in [-0.15, -0.1) is 0 Å². The standard InChI is InChI=1S/C56H33N5/c57-34-38-15-12-16-39(35-58)56(38)37-25-28-53(46(31-37)36-13-2-1-3-14-36)61-54-29-26-40(59-49-21-8-4-17-42(49)43-18-5-9-22-50(43)59)32-47(54)48-33-41(27-30-55(48)61)60-51-23-10-6-19-44(51)45-20-7-11-24-52(45)60/h1-33H. The van der Waals surface area contributed by atoms with Crippen LogP contribution in [0, 0.1) is 22.7 Å². The summed E-state index contributed by atoms with van der Waals surface area (Å²) >= 11 is 0. The van der Waals surface area contributed by atoms with E-state index in [4.69, 9.17) is 0 Å². The van der Waals surface area contributed by atoms with Crippen molar-refractivity contribution >= 4 is 65.4 Å². The zero-order valence-electron chi connectivity index (χ0n) is 32.8. The zero-order valence-corrected chi connectivity index (χ0v) is 32.8. The summed E-state index contributed by atoms with van der Waals surface area (Å²) in [6, 6.07) is 75.0. The Morgan fingerprint density at radius 2 is 0.738 bits per heavy atom. The first-order chi connectivity index (χ1) is 30.2. The minimum Gasteiger partial charge on any atom is -0.309 e. The Kier molecular flexibility index (Phi) is 7.59. The first kappa shape index (κ1) is 34.4. The van der Waals surface area contributed by atoms with Crippen LogP contribution in [0.4, 0.5) is 0 Å². The van der Waals surface area contributed by atoms with E-state index in [2.05, 4.69) is 202 Å². The second kappa shape index (κ2) is 13.5. The fraction of sp³-hybridized carbons (Fsp3) is 0. The molecule has 3 heterocycles. The van der Waals surface area contributed by atoms with E-state index in [0.29, 0.717) is 16.7 Å². The van der Waals surface area contributed by atoms with E-state index in [0.717, 1.165) is 77.6 Å². The van der Waals surface area contributed by atoms with Gasteiger partial charge in [0, 0.05) is 54.8 Å². The average Bonchev–Trinajstić information content (AvgIpc) is 3.96. The third-order valence-corrected chi connectivity index (χ3v) is 12.3. The van der Waals surface area contributed by atoms with Gasteiger partial charge >= 0.3 is 0 Å². The molecule has 12 aromatic rings. The molecular weight excluding hydrogens is 743 g/mol.